The second kappa shape index (κ2) is 6.47. The molecular formula is C13H22InN. The molecule has 82 valence electrons. The van der Waals surface area contributed by atoms with E-state index >= 15 is 0 Å². The van der Waals surface area contributed by atoms with Gasteiger partial charge >= 0.3 is 102 Å². The van der Waals surface area contributed by atoms with E-state index in [9.17, 15) is 0 Å². The predicted molar refractivity (Wildman–Crippen MR) is 71.2 cm³/mol. The van der Waals surface area contributed by atoms with Gasteiger partial charge in [-0.1, -0.05) is 0 Å². The van der Waals surface area contributed by atoms with E-state index in [-0.39, 0.29) is 0 Å². The van der Waals surface area contributed by atoms with Gasteiger partial charge in [0, 0.05) is 0 Å². The molecule has 0 saturated heterocycles. The zero-order chi connectivity index (χ0) is 11.3. The molecule has 0 spiro atoms. The number of para-hydroxylation sites is 1. The van der Waals surface area contributed by atoms with Crippen molar-refractivity contribution in [2.75, 3.05) is 19.0 Å². The van der Waals surface area contributed by atoms with Crippen LogP contribution < -0.4 is 4.90 Å². The van der Waals surface area contributed by atoms with Crippen LogP contribution in [0.25, 0.3) is 0 Å². The normalized spacial score (nSPS) is 10.1. The molecule has 1 aromatic carbocycles. The zero-order valence-corrected chi connectivity index (χ0v) is 13.8. The second-order valence-corrected chi connectivity index (χ2v) is 15.2. The third kappa shape index (κ3) is 3.75. The Balaban J connectivity index is 2.83. The van der Waals surface area contributed by atoms with E-state index in [4.69, 9.17) is 0 Å². The molecule has 15 heavy (non-hydrogen) atoms. The third-order valence-electron chi connectivity index (χ3n) is 3.14. The summed E-state index contributed by atoms with van der Waals surface area (Å²) in [4.78, 5) is 2.24. The van der Waals surface area contributed by atoms with E-state index in [2.05, 4.69) is 57.1 Å². The number of hydrogen-bond acceptors (Lipinski definition) is 1. The van der Waals surface area contributed by atoms with Crippen molar-refractivity contribution in [2.24, 2.45) is 0 Å². The van der Waals surface area contributed by atoms with E-state index in [1.807, 2.05) is 0 Å². The van der Waals surface area contributed by atoms with Crippen LogP contribution >= 0.6 is 0 Å². The maximum absolute atomic E-state index is 2.38. The van der Waals surface area contributed by atoms with Crippen LogP contribution in [0.3, 0.4) is 0 Å². The van der Waals surface area contributed by atoms with Gasteiger partial charge in [0.15, 0.2) is 0 Å². The van der Waals surface area contributed by atoms with E-state index in [0.717, 1.165) is 0 Å². The van der Waals surface area contributed by atoms with Gasteiger partial charge in [-0.05, 0) is 0 Å². The average Bonchev–Trinajstić information content (AvgIpc) is 2.26. The van der Waals surface area contributed by atoms with Crippen LogP contribution in [0.1, 0.15) is 19.4 Å². The molecular weight excluding hydrogens is 285 g/mol. The first-order valence-corrected chi connectivity index (χ1v) is 12.9. The molecule has 0 aliphatic heterocycles. The first-order chi connectivity index (χ1) is 7.19. The Morgan fingerprint density at radius 3 is 2.20 bits per heavy atom. The van der Waals surface area contributed by atoms with Gasteiger partial charge in [0.25, 0.3) is 0 Å². The summed E-state index contributed by atoms with van der Waals surface area (Å²) in [6.07, 6.45) is 0. The Hall–Kier alpha value is -0.110. The number of rotatable bonds is 5. The molecule has 0 heterocycles. The van der Waals surface area contributed by atoms with Gasteiger partial charge in [-0.3, -0.25) is 0 Å². The van der Waals surface area contributed by atoms with Crippen LogP contribution in [-0.4, -0.2) is 35.5 Å². The van der Waals surface area contributed by atoms with Crippen LogP contribution in [0.5, 0.6) is 0 Å². The van der Waals surface area contributed by atoms with Crippen LogP contribution in [0.2, 0.25) is 8.35 Å². The van der Waals surface area contributed by atoms with Gasteiger partial charge in [0.2, 0.25) is 0 Å². The molecule has 0 aliphatic rings. The first-order valence-electron chi connectivity index (χ1n) is 5.94. The maximum atomic E-state index is 2.38. The van der Waals surface area contributed by atoms with Gasteiger partial charge in [0.05, 0.1) is 0 Å². The summed E-state index contributed by atoms with van der Waals surface area (Å²) in [6.45, 7) is 4.76. The topological polar surface area (TPSA) is 3.24 Å². The van der Waals surface area contributed by atoms with E-state index in [0.29, 0.717) is 0 Å². The standard InChI is InChI=1S/C9H12N.2C2H5.In/c1-8-6-4-5-7-9(8)10(2)3;2*1-2;/h4-7H,1H2,2-3H3;2*1H2,2H3;. The van der Waals surface area contributed by atoms with Crippen molar-refractivity contribution in [3.05, 3.63) is 29.8 Å². The van der Waals surface area contributed by atoms with Crippen LogP contribution in [0, 0.1) is 0 Å². The van der Waals surface area contributed by atoms with E-state index in [1.165, 1.54) is 18.2 Å². The molecule has 1 rings (SSSR count). The number of anilines is 1. The Morgan fingerprint density at radius 2 is 1.67 bits per heavy atom. The van der Waals surface area contributed by atoms with Crippen molar-refractivity contribution in [3.8, 4) is 0 Å². The molecule has 0 radical (unpaired) electrons. The molecule has 0 amide bonds. The Kier molecular flexibility index (Phi) is 5.59. The first kappa shape index (κ1) is 13.0. The van der Waals surface area contributed by atoms with Crippen molar-refractivity contribution in [3.63, 3.8) is 0 Å². The number of nitrogens with zero attached hydrogens (tertiary/aromatic N) is 1. The summed E-state index contributed by atoms with van der Waals surface area (Å²) in [7, 11) is 4.28. The van der Waals surface area contributed by atoms with Gasteiger partial charge in [-0.2, -0.15) is 0 Å². The van der Waals surface area contributed by atoms with Crippen LogP contribution in [0.4, 0.5) is 5.69 Å². The fraction of sp³-hybridized carbons (Fsp3) is 0.538. The molecule has 0 fully saturated rings. The summed E-state index contributed by atoms with van der Waals surface area (Å²) in [5.41, 5.74) is 2.99. The van der Waals surface area contributed by atoms with Crippen molar-refractivity contribution >= 4 is 27.1 Å². The minimum atomic E-state index is -1.20. The van der Waals surface area contributed by atoms with Gasteiger partial charge in [0.1, 0.15) is 0 Å². The molecule has 1 nitrogen and oxygen atoms in total. The van der Waals surface area contributed by atoms with E-state index in [1.54, 1.807) is 5.56 Å². The monoisotopic (exact) mass is 307 g/mol. The molecule has 2 heteroatoms. The Bertz CT molecular complexity index is 292. The quantitative estimate of drug-likeness (QED) is 0.806. The fourth-order valence-electron chi connectivity index (χ4n) is 2.01. The fourth-order valence-corrected chi connectivity index (χ4v) is 8.06. The van der Waals surface area contributed by atoms with E-state index < -0.39 is 21.4 Å². The summed E-state index contributed by atoms with van der Waals surface area (Å²) < 4.78 is 4.39. The summed E-state index contributed by atoms with van der Waals surface area (Å²) in [5, 5.41) is 0. The zero-order valence-electron chi connectivity index (χ0n) is 10.5. The number of hydrogen-bond donors (Lipinski definition) is 0. The third-order valence-corrected chi connectivity index (χ3v) is 12.6. The summed E-state index contributed by atoms with van der Waals surface area (Å²) in [5.74, 6) is 0. The Morgan fingerprint density at radius 1 is 1.07 bits per heavy atom. The van der Waals surface area contributed by atoms with Crippen LogP contribution in [0.15, 0.2) is 24.3 Å². The van der Waals surface area contributed by atoms with Crippen molar-refractivity contribution in [2.45, 2.75) is 26.4 Å². The van der Waals surface area contributed by atoms with Gasteiger partial charge < -0.3 is 0 Å². The number of benzene rings is 1. The van der Waals surface area contributed by atoms with Crippen molar-refractivity contribution in [1.82, 2.24) is 0 Å². The molecule has 0 bridgehead atoms. The van der Waals surface area contributed by atoms with Crippen molar-refractivity contribution < 1.29 is 0 Å². The van der Waals surface area contributed by atoms with Gasteiger partial charge in [-0.15, -0.1) is 0 Å². The van der Waals surface area contributed by atoms with Crippen molar-refractivity contribution in [1.29, 1.82) is 0 Å². The van der Waals surface area contributed by atoms with Gasteiger partial charge in [-0.25, -0.2) is 0 Å². The molecule has 0 saturated carbocycles. The Labute approximate surface area is 102 Å². The second-order valence-electron chi connectivity index (χ2n) is 4.41. The van der Waals surface area contributed by atoms with Crippen LogP contribution in [-0.2, 0) is 4.18 Å². The summed E-state index contributed by atoms with van der Waals surface area (Å²) >= 11 is -1.20. The predicted octanol–water partition coefficient (Wildman–Crippen LogP) is 3.37. The average molecular weight is 307 g/mol. The molecule has 0 aliphatic carbocycles. The summed E-state index contributed by atoms with van der Waals surface area (Å²) in [6, 6.07) is 8.87. The molecule has 0 atom stereocenters. The minimum absolute atomic E-state index is 1.20. The molecule has 0 unspecified atom stereocenters. The SMILES string of the molecule is C[CH2][In]([CH2]C)[CH2]c1ccccc1N(C)C. The molecule has 0 N–H and O–H groups in total. The molecule has 1 aromatic rings. The molecule has 0 aromatic heterocycles.